The molecule has 0 aliphatic carbocycles. The summed E-state index contributed by atoms with van der Waals surface area (Å²) in [6.07, 6.45) is 2.37. The van der Waals surface area contributed by atoms with E-state index in [0.717, 1.165) is 11.3 Å². The molecule has 0 saturated carbocycles. The number of ether oxygens (including phenoxy) is 1. The van der Waals surface area contributed by atoms with Gasteiger partial charge in [0.2, 0.25) is 0 Å². The molecule has 1 aromatic carbocycles. The van der Waals surface area contributed by atoms with Crippen LogP contribution in [0.15, 0.2) is 36.9 Å². The average molecular weight is 201 g/mol. The molecule has 1 unspecified atom stereocenters. The van der Waals surface area contributed by atoms with Gasteiger partial charge in [-0.3, -0.25) is 0 Å². The van der Waals surface area contributed by atoms with Gasteiger partial charge in [-0.05, 0) is 31.0 Å². The van der Waals surface area contributed by atoms with Crippen LogP contribution in [-0.2, 0) is 6.42 Å². The number of hydrogen-bond donors (Lipinski definition) is 0. The summed E-state index contributed by atoms with van der Waals surface area (Å²) in [6, 6.07) is 9.99. The maximum atomic E-state index is 9.00. The normalized spacial score (nSPS) is 13.7. The Morgan fingerprint density at radius 1 is 1.47 bits per heavy atom. The molecular formula is C13H15NO. The largest absolute Gasteiger partial charge is 0.497 e. The lowest BCUT2D eigenvalue weighted by molar-refractivity contribution is 0.414. The van der Waals surface area contributed by atoms with E-state index in [1.165, 1.54) is 0 Å². The molecule has 2 heteroatoms. The van der Waals surface area contributed by atoms with Crippen LogP contribution in [0.25, 0.3) is 0 Å². The number of methoxy groups -OCH3 is 1. The van der Waals surface area contributed by atoms with Crippen molar-refractivity contribution in [3.05, 3.63) is 42.5 Å². The fraction of sp³-hybridized carbons (Fsp3) is 0.308. The first kappa shape index (κ1) is 11.3. The number of nitrogens with zero attached hydrogens (tertiary/aromatic N) is 1. The Morgan fingerprint density at radius 2 is 2.07 bits per heavy atom. The van der Waals surface area contributed by atoms with Crippen molar-refractivity contribution >= 4 is 0 Å². The monoisotopic (exact) mass is 201 g/mol. The van der Waals surface area contributed by atoms with E-state index in [9.17, 15) is 0 Å². The van der Waals surface area contributed by atoms with Crippen molar-refractivity contribution in [2.45, 2.75) is 13.3 Å². The first-order valence-electron chi connectivity index (χ1n) is 4.81. The van der Waals surface area contributed by atoms with Crippen molar-refractivity contribution in [2.75, 3.05) is 7.11 Å². The highest BCUT2D eigenvalue weighted by Crippen LogP contribution is 2.23. The summed E-state index contributed by atoms with van der Waals surface area (Å²) in [6.45, 7) is 5.57. The molecule has 1 aromatic rings. The van der Waals surface area contributed by atoms with Crippen LogP contribution in [0.4, 0.5) is 0 Å². The van der Waals surface area contributed by atoms with Crippen molar-refractivity contribution in [3.63, 3.8) is 0 Å². The fourth-order valence-electron chi connectivity index (χ4n) is 1.32. The lowest BCUT2D eigenvalue weighted by atomic mass is 9.85. The van der Waals surface area contributed by atoms with Crippen LogP contribution in [0.5, 0.6) is 5.75 Å². The van der Waals surface area contributed by atoms with Crippen LogP contribution in [0.3, 0.4) is 0 Å². The van der Waals surface area contributed by atoms with Gasteiger partial charge in [-0.15, -0.1) is 6.58 Å². The van der Waals surface area contributed by atoms with Gasteiger partial charge in [0.05, 0.1) is 18.6 Å². The zero-order valence-electron chi connectivity index (χ0n) is 9.16. The van der Waals surface area contributed by atoms with Gasteiger partial charge in [0.15, 0.2) is 0 Å². The Morgan fingerprint density at radius 3 is 2.47 bits per heavy atom. The third kappa shape index (κ3) is 2.85. The van der Waals surface area contributed by atoms with Crippen molar-refractivity contribution < 1.29 is 4.74 Å². The van der Waals surface area contributed by atoms with E-state index in [2.05, 4.69) is 12.6 Å². The predicted molar refractivity (Wildman–Crippen MR) is 60.6 cm³/mol. The SMILES string of the molecule is C=CC(C)(C#N)Cc1ccc(OC)cc1. The van der Waals surface area contributed by atoms with Gasteiger partial charge in [-0.2, -0.15) is 5.26 Å². The minimum Gasteiger partial charge on any atom is -0.497 e. The number of benzene rings is 1. The lowest BCUT2D eigenvalue weighted by Crippen LogP contribution is -2.13. The summed E-state index contributed by atoms with van der Waals surface area (Å²) in [5.41, 5.74) is 0.619. The molecule has 78 valence electrons. The van der Waals surface area contributed by atoms with Gasteiger partial charge in [-0.1, -0.05) is 18.2 Å². The summed E-state index contributed by atoms with van der Waals surface area (Å²) in [5, 5.41) is 9.00. The average Bonchev–Trinajstić information content (AvgIpc) is 2.30. The highest BCUT2D eigenvalue weighted by Gasteiger charge is 2.19. The van der Waals surface area contributed by atoms with Crippen molar-refractivity contribution in [3.8, 4) is 11.8 Å². The first-order valence-corrected chi connectivity index (χ1v) is 4.81. The van der Waals surface area contributed by atoms with Crippen LogP contribution in [0.2, 0.25) is 0 Å². The zero-order chi connectivity index (χ0) is 11.3. The predicted octanol–water partition coefficient (Wildman–Crippen LogP) is 2.95. The number of rotatable bonds is 4. The minimum atomic E-state index is -0.491. The number of nitriles is 1. The summed E-state index contributed by atoms with van der Waals surface area (Å²) >= 11 is 0. The third-order valence-electron chi connectivity index (χ3n) is 2.44. The Labute approximate surface area is 90.8 Å². The molecule has 0 fully saturated rings. The number of hydrogen-bond acceptors (Lipinski definition) is 2. The van der Waals surface area contributed by atoms with Gasteiger partial charge in [0.25, 0.3) is 0 Å². The Bertz CT molecular complexity index is 375. The zero-order valence-corrected chi connectivity index (χ0v) is 9.16. The minimum absolute atomic E-state index is 0.491. The maximum Gasteiger partial charge on any atom is 0.118 e. The molecular weight excluding hydrogens is 186 g/mol. The van der Waals surface area contributed by atoms with Gasteiger partial charge < -0.3 is 4.74 Å². The van der Waals surface area contributed by atoms with Gasteiger partial charge >= 0.3 is 0 Å². The maximum absolute atomic E-state index is 9.00. The molecule has 0 aliphatic heterocycles. The van der Waals surface area contributed by atoms with Crippen LogP contribution in [0.1, 0.15) is 12.5 Å². The summed E-state index contributed by atoms with van der Waals surface area (Å²) < 4.78 is 5.07. The van der Waals surface area contributed by atoms with Crippen LogP contribution >= 0.6 is 0 Å². The molecule has 0 aromatic heterocycles. The molecule has 0 heterocycles. The third-order valence-corrected chi connectivity index (χ3v) is 2.44. The Balaban J connectivity index is 2.82. The molecule has 0 saturated heterocycles. The molecule has 0 spiro atoms. The summed E-state index contributed by atoms with van der Waals surface area (Å²) in [5.74, 6) is 0.830. The molecule has 15 heavy (non-hydrogen) atoms. The van der Waals surface area contributed by atoms with E-state index < -0.39 is 5.41 Å². The van der Waals surface area contributed by atoms with Crippen molar-refractivity contribution in [1.82, 2.24) is 0 Å². The van der Waals surface area contributed by atoms with E-state index >= 15 is 0 Å². The van der Waals surface area contributed by atoms with Gasteiger partial charge in [0.1, 0.15) is 5.75 Å². The van der Waals surface area contributed by atoms with Gasteiger partial charge in [-0.25, -0.2) is 0 Å². The van der Waals surface area contributed by atoms with E-state index in [0.29, 0.717) is 6.42 Å². The van der Waals surface area contributed by atoms with Crippen LogP contribution in [0, 0.1) is 16.7 Å². The second-order valence-corrected chi connectivity index (χ2v) is 3.76. The Hall–Kier alpha value is -1.75. The quantitative estimate of drug-likeness (QED) is 0.702. The van der Waals surface area contributed by atoms with Crippen LogP contribution in [-0.4, -0.2) is 7.11 Å². The Kier molecular flexibility index (Phi) is 3.51. The molecule has 1 atom stereocenters. The fourth-order valence-corrected chi connectivity index (χ4v) is 1.32. The van der Waals surface area contributed by atoms with Crippen molar-refractivity contribution in [1.29, 1.82) is 5.26 Å². The topological polar surface area (TPSA) is 33.0 Å². The molecule has 0 amide bonds. The van der Waals surface area contributed by atoms with Crippen LogP contribution < -0.4 is 4.74 Å². The van der Waals surface area contributed by atoms with E-state index in [4.69, 9.17) is 10.00 Å². The molecule has 2 nitrogen and oxygen atoms in total. The highest BCUT2D eigenvalue weighted by molar-refractivity contribution is 5.29. The second kappa shape index (κ2) is 4.65. The van der Waals surface area contributed by atoms with E-state index in [1.807, 2.05) is 31.2 Å². The molecule has 0 aliphatic rings. The molecule has 0 bridgehead atoms. The lowest BCUT2D eigenvalue weighted by Gasteiger charge is -2.16. The first-order chi connectivity index (χ1) is 7.13. The van der Waals surface area contributed by atoms with E-state index in [1.54, 1.807) is 13.2 Å². The van der Waals surface area contributed by atoms with E-state index in [-0.39, 0.29) is 0 Å². The summed E-state index contributed by atoms with van der Waals surface area (Å²) in [4.78, 5) is 0. The summed E-state index contributed by atoms with van der Waals surface area (Å²) in [7, 11) is 1.64. The highest BCUT2D eigenvalue weighted by atomic mass is 16.5. The molecule has 1 rings (SSSR count). The van der Waals surface area contributed by atoms with Gasteiger partial charge in [0, 0.05) is 0 Å². The smallest absolute Gasteiger partial charge is 0.118 e. The molecule has 0 N–H and O–H groups in total. The standard InChI is InChI=1S/C13H15NO/c1-4-13(2,10-14)9-11-5-7-12(15-3)8-6-11/h4-8H,1,9H2,2-3H3. The second-order valence-electron chi connectivity index (χ2n) is 3.76. The number of allylic oxidation sites excluding steroid dienone is 1. The van der Waals surface area contributed by atoms with Crippen molar-refractivity contribution in [2.24, 2.45) is 5.41 Å². The molecule has 0 radical (unpaired) electrons.